The molecule has 1 heterocycles. The van der Waals surface area contributed by atoms with Crippen LogP contribution >= 0.6 is 0 Å². The number of likely N-dealkylation sites (N-methyl/N-ethyl adjacent to an activating group) is 1. The van der Waals surface area contributed by atoms with Crippen LogP contribution in [0.1, 0.15) is 11.3 Å². The van der Waals surface area contributed by atoms with Gasteiger partial charge in [-0.1, -0.05) is 6.07 Å². The van der Waals surface area contributed by atoms with Gasteiger partial charge in [0.05, 0.1) is 5.69 Å². The maximum Gasteiger partial charge on any atom is 0.159 e. The molecule has 0 aliphatic heterocycles. The van der Waals surface area contributed by atoms with Gasteiger partial charge in [0.15, 0.2) is 11.6 Å². The molecule has 3 nitrogen and oxygen atoms in total. The molecule has 0 bridgehead atoms. The van der Waals surface area contributed by atoms with Gasteiger partial charge in [-0.15, -0.1) is 0 Å². The Balaban J connectivity index is 2.04. The van der Waals surface area contributed by atoms with Gasteiger partial charge >= 0.3 is 0 Å². The fourth-order valence-corrected chi connectivity index (χ4v) is 2.05. The number of hydrogen-bond donors (Lipinski definition) is 1. The predicted molar refractivity (Wildman–Crippen MR) is 69.8 cm³/mol. The molecule has 1 unspecified atom stereocenters. The molecule has 0 spiro atoms. The van der Waals surface area contributed by atoms with Gasteiger partial charge in [-0.25, -0.2) is 8.78 Å². The number of benzene rings is 1. The van der Waals surface area contributed by atoms with E-state index in [0.717, 1.165) is 23.7 Å². The van der Waals surface area contributed by atoms with Crippen LogP contribution in [0.4, 0.5) is 8.78 Å². The van der Waals surface area contributed by atoms with E-state index in [2.05, 4.69) is 10.4 Å². The van der Waals surface area contributed by atoms with Gasteiger partial charge < -0.3 is 5.32 Å². The summed E-state index contributed by atoms with van der Waals surface area (Å²) in [6.45, 7) is 0. The van der Waals surface area contributed by atoms with Gasteiger partial charge in [-0.2, -0.15) is 5.10 Å². The summed E-state index contributed by atoms with van der Waals surface area (Å²) >= 11 is 0. The molecule has 1 aromatic carbocycles. The quantitative estimate of drug-likeness (QED) is 0.897. The minimum absolute atomic E-state index is 0.139. The summed E-state index contributed by atoms with van der Waals surface area (Å²) in [5.74, 6) is -1.61. The molecule has 2 rings (SSSR count). The van der Waals surface area contributed by atoms with Crippen LogP contribution in [0.15, 0.2) is 30.5 Å². The Labute approximate surface area is 111 Å². The summed E-state index contributed by atoms with van der Waals surface area (Å²) in [4.78, 5) is 0. The molecule has 19 heavy (non-hydrogen) atoms. The number of aryl methyl sites for hydroxylation is 1. The zero-order valence-electron chi connectivity index (χ0n) is 11.0. The Morgan fingerprint density at radius 2 is 2.00 bits per heavy atom. The normalized spacial score (nSPS) is 12.6. The van der Waals surface area contributed by atoms with E-state index in [1.165, 1.54) is 6.07 Å². The van der Waals surface area contributed by atoms with Crippen molar-refractivity contribution in [2.75, 3.05) is 7.05 Å². The van der Waals surface area contributed by atoms with E-state index in [4.69, 9.17) is 0 Å². The Kier molecular flexibility index (Phi) is 4.27. The van der Waals surface area contributed by atoms with Gasteiger partial charge in [0.2, 0.25) is 0 Å². The largest absolute Gasteiger partial charge is 0.316 e. The van der Waals surface area contributed by atoms with E-state index in [1.54, 1.807) is 10.7 Å². The lowest BCUT2D eigenvalue weighted by molar-refractivity contribution is 0.502. The van der Waals surface area contributed by atoms with Crippen molar-refractivity contribution >= 4 is 0 Å². The smallest absolute Gasteiger partial charge is 0.159 e. The van der Waals surface area contributed by atoms with Crippen LogP contribution in [-0.2, 0) is 19.9 Å². The van der Waals surface area contributed by atoms with Crippen molar-refractivity contribution in [3.8, 4) is 0 Å². The molecule has 0 aliphatic rings. The molecular formula is C14H17F2N3. The zero-order valence-corrected chi connectivity index (χ0v) is 11.0. The first kappa shape index (κ1) is 13.7. The van der Waals surface area contributed by atoms with E-state index in [1.807, 2.05) is 26.4 Å². The Morgan fingerprint density at radius 3 is 2.58 bits per heavy atom. The van der Waals surface area contributed by atoms with Crippen LogP contribution in [0.25, 0.3) is 0 Å². The number of aromatic nitrogens is 2. The summed E-state index contributed by atoms with van der Waals surface area (Å²) in [6, 6.07) is 6.12. The first-order chi connectivity index (χ1) is 9.08. The molecule has 5 heteroatoms. The van der Waals surface area contributed by atoms with E-state index in [9.17, 15) is 8.78 Å². The standard InChI is InChI=1S/C14H17F2N3/c1-17-12(9-11-5-6-19(2)18-11)7-10-3-4-13(15)14(16)8-10/h3-6,8,12,17H,7,9H2,1-2H3. The summed E-state index contributed by atoms with van der Waals surface area (Å²) in [5.41, 5.74) is 1.75. The first-order valence-electron chi connectivity index (χ1n) is 6.18. The lowest BCUT2D eigenvalue weighted by atomic mass is 10.0. The van der Waals surface area contributed by atoms with Crippen molar-refractivity contribution in [1.29, 1.82) is 0 Å². The molecule has 2 aromatic rings. The number of nitrogens with one attached hydrogen (secondary N) is 1. The molecule has 0 saturated heterocycles. The van der Waals surface area contributed by atoms with Crippen molar-refractivity contribution < 1.29 is 8.78 Å². The molecule has 0 radical (unpaired) electrons. The highest BCUT2D eigenvalue weighted by Crippen LogP contribution is 2.12. The van der Waals surface area contributed by atoms with Crippen LogP contribution in [0.3, 0.4) is 0 Å². The van der Waals surface area contributed by atoms with Crippen molar-refractivity contribution in [1.82, 2.24) is 15.1 Å². The molecule has 0 aliphatic carbocycles. The third kappa shape index (κ3) is 3.61. The first-order valence-corrected chi connectivity index (χ1v) is 6.18. The maximum atomic E-state index is 13.2. The summed E-state index contributed by atoms with van der Waals surface area (Å²) in [7, 11) is 3.72. The SMILES string of the molecule is CNC(Cc1ccc(F)c(F)c1)Cc1ccn(C)n1. The maximum absolute atomic E-state index is 13.2. The minimum atomic E-state index is -0.811. The molecule has 1 aromatic heterocycles. The third-order valence-electron chi connectivity index (χ3n) is 3.10. The lowest BCUT2D eigenvalue weighted by Crippen LogP contribution is -2.30. The van der Waals surface area contributed by atoms with Gasteiger partial charge in [0.25, 0.3) is 0 Å². The number of halogens is 2. The summed E-state index contributed by atoms with van der Waals surface area (Å²) in [6.07, 6.45) is 3.26. The number of hydrogen-bond acceptors (Lipinski definition) is 2. The molecule has 1 N–H and O–H groups in total. The zero-order chi connectivity index (χ0) is 13.8. The second-order valence-electron chi connectivity index (χ2n) is 4.62. The topological polar surface area (TPSA) is 29.9 Å². The minimum Gasteiger partial charge on any atom is -0.316 e. The monoisotopic (exact) mass is 265 g/mol. The van der Waals surface area contributed by atoms with Gasteiger partial charge in [-0.05, 0) is 37.2 Å². The highest BCUT2D eigenvalue weighted by molar-refractivity contribution is 5.19. The average molecular weight is 265 g/mol. The summed E-state index contributed by atoms with van der Waals surface area (Å²) in [5, 5.41) is 7.49. The Hall–Kier alpha value is -1.75. The van der Waals surface area contributed by atoms with Crippen LogP contribution in [0, 0.1) is 11.6 Å². The van der Waals surface area contributed by atoms with Gasteiger partial charge in [0.1, 0.15) is 0 Å². The van der Waals surface area contributed by atoms with Crippen LogP contribution < -0.4 is 5.32 Å². The van der Waals surface area contributed by atoms with Crippen LogP contribution in [0.5, 0.6) is 0 Å². The molecule has 102 valence electrons. The molecule has 1 atom stereocenters. The predicted octanol–water partition coefficient (Wildman–Crippen LogP) is 2.07. The van der Waals surface area contributed by atoms with E-state index < -0.39 is 11.6 Å². The average Bonchev–Trinajstić information content (AvgIpc) is 2.78. The van der Waals surface area contributed by atoms with Crippen molar-refractivity contribution in [2.24, 2.45) is 7.05 Å². The van der Waals surface area contributed by atoms with Gasteiger partial charge in [0, 0.05) is 25.7 Å². The fourth-order valence-electron chi connectivity index (χ4n) is 2.05. The number of rotatable bonds is 5. The summed E-state index contributed by atoms with van der Waals surface area (Å²) < 4.78 is 27.8. The second-order valence-corrected chi connectivity index (χ2v) is 4.62. The molecule has 0 saturated carbocycles. The Bertz CT molecular complexity index is 551. The highest BCUT2D eigenvalue weighted by Gasteiger charge is 2.11. The van der Waals surface area contributed by atoms with Gasteiger partial charge in [-0.3, -0.25) is 4.68 Å². The van der Waals surface area contributed by atoms with E-state index in [0.29, 0.717) is 6.42 Å². The highest BCUT2D eigenvalue weighted by atomic mass is 19.2. The lowest BCUT2D eigenvalue weighted by Gasteiger charge is -2.15. The van der Waals surface area contributed by atoms with Crippen molar-refractivity contribution in [2.45, 2.75) is 18.9 Å². The van der Waals surface area contributed by atoms with Crippen molar-refractivity contribution in [3.05, 3.63) is 53.4 Å². The van der Waals surface area contributed by atoms with Crippen LogP contribution in [0.2, 0.25) is 0 Å². The number of nitrogens with zero attached hydrogens (tertiary/aromatic N) is 2. The van der Waals surface area contributed by atoms with E-state index in [-0.39, 0.29) is 6.04 Å². The van der Waals surface area contributed by atoms with Crippen LogP contribution in [-0.4, -0.2) is 22.9 Å². The fraction of sp³-hybridized carbons (Fsp3) is 0.357. The molecule has 0 fully saturated rings. The van der Waals surface area contributed by atoms with E-state index >= 15 is 0 Å². The van der Waals surface area contributed by atoms with Crippen molar-refractivity contribution in [3.63, 3.8) is 0 Å². The third-order valence-corrected chi connectivity index (χ3v) is 3.10. The molecular weight excluding hydrogens is 248 g/mol. The second kappa shape index (κ2) is 5.93. The Morgan fingerprint density at radius 1 is 1.21 bits per heavy atom. The molecule has 0 amide bonds.